The lowest BCUT2D eigenvalue weighted by Gasteiger charge is -2.14. The van der Waals surface area contributed by atoms with Gasteiger partial charge in [0.05, 0.1) is 0 Å². The van der Waals surface area contributed by atoms with Crippen molar-refractivity contribution in [1.29, 1.82) is 0 Å². The smallest absolute Gasteiger partial charge is 0.279 e. The normalized spacial score (nSPS) is 11.8. The van der Waals surface area contributed by atoms with Crippen LogP contribution in [0, 0.1) is 12.7 Å². The Morgan fingerprint density at radius 3 is 2.52 bits per heavy atom. The molecule has 2 aromatic rings. The molecular formula is C19H19FN2O3. The van der Waals surface area contributed by atoms with Crippen LogP contribution in [0.2, 0.25) is 0 Å². The zero-order valence-electron chi connectivity index (χ0n) is 14.0. The van der Waals surface area contributed by atoms with Crippen LogP contribution in [0.15, 0.2) is 54.6 Å². The van der Waals surface area contributed by atoms with E-state index in [9.17, 15) is 14.0 Å². The van der Waals surface area contributed by atoms with E-state index < -0.39 is 23.7 Å². The van der Waals surface area contributed by atoms with Gasteiger partial charge in [-0.2, -0.15) is 0 Å². The molecule has 0 spiro atoms. The predicted molar refractivity (Wildman–Crippen MR) is 93.0 cm³/mol. The van der Waals surface area contributed by atoms with Gasteiger partial charge >= 0.3 is 0 Å². The molecule has 0 saturated carbocycles. The molecule has 2 amide bonds. The highest BCUT2D eigenvalue weighted by molar-refractivity contribution is 5.93. The first-order valence-electron chi connectivity index (χ1n) is 7.71. The number of hydrogen-bond donors (Lipinski definition) is 2. The summed E-state index contributed by atoms with van der Waals surface area (Å²) in [5, 5.41) is 0. The van der Waals surface area contributed by atoms with Crippen molar-refractivity contribution in [2.75, 3.05) is 0 Å². The maximum absolute atomic E-state index is 12.8. The number of benzene rings is 2. The molecule has 0 aliphatic carbocycles. The molecule has 0 bridgehead atoms. The first-order chi connectivity index (χ1) is 11.9. The molecule has 5 nitrogen and oxygen atoms in total. The van der Waals surface area contributed by atoms with Gasteiger partial charge in [-0.15, -0.1) is 0 Å². The van der Waals surface area contributed by atoms with Crippen LogP contribution in [0.5, 0.6) is 5.75 Å². The molecule has 130 valence electrons. The Bertz CT molecular complexity index is 772. The molecule has 1 atom stereocenters. The van der Waals surface area contributed by atoms with Crippen LogP contribution >= 0.6 is 0 Å². The highest BCUT2D eigenvalue weighted by Gasteiger charge is 2.14. The zero-order chi connectivity index (χ0) is 18.2. The van der Waals surface area contributed by atoms with Crippen LogP contribution < -0.4 is 15.6 Å². The van der Waals surface area contributed by atoms with Gasteiger partial charge in [0.25, 0.3) is 11.8 Å². The molecule has 0 heterocycles. The second-order valence-electron chi connectivity index (χ2n) is 5.44. The highest BCUT2D eigenvalue weighted by atomic mass is 19.1. The molecule has 6 heteroatoms. The quantitative estimate of drug-likeness (QED) is 0.648. The fourth-order valence-electron chi connectivity index (χ4n) is 1.98. The van der Waals surface area contributed by atoms with Crippen molar-refractivity contribution in [3.8, 4) is 5.75 Å². The lowest BCUT2D eigenvalue weighted by atomic mass is 10.1. The van der Waals surface area contributed by atoms with Crippen molar-refractivity contribution in [1.82, 2.24) is 10.9 Å². The maximum atomic E-state index is 12.8. The summed E-state index contributed by atoms with van der Waals surface area (Å²) in [6.07, 6.45) is 2.11. The fraction of sp³-hybridized carbons (Fsp3) is 0.158. The first-order valence-corrected chi connectivity index (χ1v) is 7.71. The van der Waals surface area contributed by atoms with Gasteiger partial charge in [0.2, 0.25) is 0 Å². The van der Waals surface area contributed by atoms with Crippen molar-refractivity contribution in [2.45, 2.75) is 20.0 Å². The molecule has 0 aliphatic rings. The van der Waals surface area contributed by atoms with Crippen molar-refractivity contribution < 1.29 is 18.7 Å². The van der Waals surface area contributed by atoms with Crippen LogP contribution in [-0.4, -0.2) is 17.9 Å². The Balaban J connectivity index is 1.80. The van der Waals surface area contributed by atoms with Gasteiger partial charge in [0.1, 0.15) is 11.6 Å². The SMILES string of the molecule is Cc1cccc(/C=C/C(=O)NNC(=O)[C@H](C)Oc2ccc(F)cc2)c1. The average Bonchev–Trinajstić information content (AvgIpc) is 2.60. The van der Waals surface area contributed by atoms with Crippen LogP contribution in [0.25, 0.3) is 6.08 Å². The lowest BCUT2D eigenvalue weighted by Crippen LogP contribution is -2.46. The summed E-state index contributed by atoms with van der Waals surface area (Å²) in [5.41, 5.74) is 6.52. The molecule has 0 aromatic heterocycles. The molecular weight excluding hydrogens is 323 g/mol. The van der Waals surface area contributed by atoms with Gasteiger partial charge in [0.15, 0.2) is 6.10 Å². The summed E-state index contributed by atoms with van der Waals surface area (Å²) in [6.45, 7) is 3.48. The van der Waals surface area contributed by atoms with E-state index in [0.717, 1.165) is 11.1 Å². The maximum Gasteiger partial charge on any atom is 0.279 e. The van der Waals surface area contributed by atoms with E-state index >= 15 is 0 Å². The van der Waals surface area contributed by atoms with E-state index in [1.54, 1.807) is 6.08 Å². The van der Waals surface area contributed by atoms with Crippen molar-refractivity contribution in [3.05, 3.63) is 71.6 Å². The third kappa shape index (κ3) is 6.10. The van der Waals surface area contributed by atoms with Gasteiger partial charge < -0.3 is 4.74 Å². The number of amides is 2. The Labute approximate surface area is 145 Å². The topological polar surface area (TPSA) is 67.4 Å². The first kappa shape index (κ1) is 18.2. The summed E-state index contributed by atoms with van der Waals surface area (Å²) in [7, 11) is 0. The Hall–Kier alpha value is -3.15. The predicted octanol–water partition coefficient (Wildman–Crippen LogP) is 2.76. The Morgan fingerprint density at radius 1 is 1.12 bits per heavy atom. The average molecular weight is 342 g/mol. The zero-order valence-corrected chi connectivity index (χ0v) is 14.0. The molecule has 2 aromatic carbocycles. The number of halogens is 1. The fourth-order valence-corrected chi connectivity index (χ4v) is 1.98. The molecule has 25 heavy (non-hydrogen) atoms. The highest BCUT2D eigenvalue weighted by Crippen LogP contribution is 2.12. The van der Waals surface area contributed by atoms with E-state index in [4.69, 9.17) is 4.74 Å². The largest absolute Gasteiger partial charge is 0.481 e. The van der Waals surface area contributed by atoms with Crippen LogP contribution in [0.4, 0.5) is 4.39 Å². The minimum absolute atomic E-state index is 0.356. The Kier molecular flexibility index (Phi) is 6.28. The molecule has 2 rings (SSSR count). The lowest BCUT2D eigenvalue weighted by molar-refractivity contribution is -0.131. The molecule has 0 aliphatic heterocycles. The second kappa shape index (κ2) is 8.63. The van der Waals surface area contributed by atoms with Gasteiger partial charge in [-0.25, -0.2) is 4.39 Å². The molecule has 0 unspecified atom stereocenters. The van der Waals surface area contributed by atoms with Crippen LogP contribution in [0.1, 0.15) is 18.1 Å². The molecule has 0 saturated heterocycles. The van der Waals surface area contributed by atoms with E-state index in [0.29, 0.717) is 5.75 Å². The monoisotopic (exact) mass is 342 g/mol. The third-order valence-corrected chi connectivity index (χ3v) is 3.27. The minimum Gasteiger partial charge on any atom is -0.481 e. The van der Waals surface area contributed by atoms with Gasteiger partial charge in [0, 0.05) is 6.08 Å². The van der Waals surface area contributed by atoms with E-state index in [-0.39, 0.29) is 0 Å². The number of hydrogen-bond acceptors (Lipinski definition) is 3. The van der Waals surface area contributed by atoms with Crippen molar-refractivity contribution in [3.63, 3.8) is 0 Å². The number of ether oxygens (including phenoxy) is 1. The number of hydrazine groups is 1. The molecule has 0 radical (unpaired) electrons. The van der Waals surface area contributed by atoms with E-state index in [1.807, 2.05) is 31.2 Å². The number of carbonyl (C=O) groups is 2. The van der Waals surface area contributed by atoms with Crippen molar-refractivity contribution >= 4 is 17.9 Å². The number of nitrogens with one attached hydrogen (secondary N) is 2. The number of carbonyl (C=O) groups excluding carboxylic acids is 2. The van der Waals surface area contributed by atoms with Crippen LogP contribution in [0.3, 0.4) is 0 Å². The summed E-state index contributed by atoms with van der Waals surface area (Å²) in [4.78, 5) is 23.6. The number of rotatable bonds is 5. The van der Waals surface area contributed by atoms with Gasteiger partial charge in [-0.1, -0.05) is 29.8 Å². The molecule has 0 fully saturated rings. The summed E-state index contributed by atoms with van der Waals surface area (Å²) in [5.74, 6) is -1.03. The van der Waals surface area contributed by atoms with E-state index in [2.05, 4.69) is 10.9 Å². The van der Waals surface area contributed by atoms with E-state index in [1.165, 1.54) is 37.3 Å². The second-order valence-corrected chi connectivity index (χ2v) is 5.44. The molecule has 2 N–H and O–H groups in total. The number of aryl methyl sites for hydroxylation is 1. The Morgan fingerprint density at radius 2 is 1.84 bits per heavy atom. The minimum atomic E-state index is -0.855. The summed E-state index contributed by atoms with van der Waals surface area (Å²) >= 11 is 0. The summed E-state index contributed by atoms with van der Waals surface area (Å²) < 4.78 is 18.2. The standard InChI is InChI=1S/C19H19FN2O3/c1-13-4-3-5-15(12-13)6-11-18(23)21-22-19(24)14(2)25-17-9-7-16(20)8-10-17/h3-12,14H,1-2H3,(H,21,23)(H,22,24)/b11-6+/t14-/m0/s1. The van der Waals surface area contributed by atoms with Gasteiger partial charge in [-0.05, 0) is 49.8 Å². The summed E-state index contributed by atoms with van der Waals surface area (Å²) in [6, 6.07) is 13.0. The van der Waals surface area contributed by atoms with Gasteiger partial charge in [-0.3, -0.25) is 20.4 Å². The van der Waals surface area contributed by atoms with Crippen molar-refractivity contribution in [2.24, 2.45) is 0 Å². The van der Waals surface area contributed by atoms with Crippen LogP contribution in [-0.2, 0) is 9.59 Å². The third-order valence-electron chi connectivity index (χ3n) is 3.27.